The summed E-state index contributed by atoms with van der Waals surface area (Å²) in [6, 6.07) is 7.97. The van der Waals surface area contributed by atoms with E-state index in [-0.39, 0.29) is 10.5 Å². The molecule has 146 valence electrons. The average Bonchev–Trinajstić information content (AvgIpc) is 2.65. The van der Waals surface area contributed by atoms with Crippen molar-refractivity contribution in [2.45, 2.75) is 17.2 Å². The van der Waals surface area contributed by atoms with Crippen molar-refractivity contribution in [3.05, 3.63) is 53.6 Å². The second-order valence-corrected chi connectivity index (χ2v) is 7.56. The topological polar surface area (TPSA) is 84.9 Å². The first-order valence-electron chi connectivity index (χ1n) is 7.91. The maximum absolute atomic E-state index is 12.6. The molecule has 2 N–H and O–H groups in total. The Kier molecular flexibility index (Phi) is 5.31. The average molecular weight is 403 g/mol. The van der Waals surface area contributed by atoms with E-state index in [9.17, 15) is 26.7 Å². The lowest BCUT2D eigenvalue weighted by molar-refractivity contribution is -0.137. The Balaban J connectivity index is 1.68. The Morgan fingerprint density at radius 2 is 1.67 bits per heavy atom. The zero-order valence-corrected chi connectivity index (χ0v) is 14.7. The minimum absolute atomic E-state index is 0.0774. The molecule has 0 bridgehead atoms. The standard InChI is InChI=1S/C17H16F3NO5S/c18-17(19,20)12-3-1-11(2-4-12)14(22)10-21-27(23,24)13-5-6-15-16(9-13)26-8-7-25-15/h1-6,9,14,21-22H,7-8,10H2/t14-/m0/s1. The van der Waals surface area contributed by atoms with Gasteiger partial charge in [-0.05, 0) is 29.8 Å². The van der Waals surface area contributed by atoms with Crippen molar-refractivity contribution >= 4 is 10.0 Å². The summed E-state index contributed by atoms with van der Waals surface area (Å²) in [4.78, 5) is -0.0774. The summed E-state index contributed by atoms with van der Waals surface area (Å²) in [6.07, 6.45) is -5.79. The quantitative estimate of drug-likeness (QED) is 0.801. The summed E-state index contributed by atoms with van der Waals surface area (Å²) >= 11 is 0. The molecule has 6 nitrogen and oxygen atoms in total. The molecule has 1 heterocycles. The van der Waals surface area contributed by atoms with Crippen LogP contribution < -0.4 is 14.2 Å². The maximum atomic E-state index is 12.6. The highest BCUT2D eigenvalue weighted by Gasteiger charge is 2.30. The summed E-state index contributed by atoms with van der Waals surface area (Å²) in [5.74, 6) is 0.734. The van der Waals surface area contributed by atoms with Crippen molar-refractivity contribution in [2.24, 2.45) is 0 Å². The molecule has 0 aliphatic carbocycles. The van der Waals surface area contributed by atoms with E-state index in [1.54, 1.807) is 0 Å². The van der Waals surface area contributed by atoms with Gasteiger partial charge in [-0.2, -0.15) is 13.2 Å². The number of hydrogen-bond donors (Lipinski definition) is 2. The Morgan fingerprint density at radius 1 is 1.04 bits per heavy atom. The Hall–Kier alpha value is -2.30. The van der Waals surface area contributed by atoms with Crippen molar-refractivity contribution in [3.63, 3.8) is 0 Å². The summed E-state index contributed by atoms with van der Waals surface area (Å²) in [6.45, 7) is 0.273. The molecule has 0 unspecified atom stereocenters. The van der Waals surface area contributed by atoms with Crippen LogP contribution in [-0.2, 0) is 16.2 Å². The van der Waals surface area contributed by atoms with Gasteiger partial charge in [0.1, 0.15) is 13.2 Å². The predicted molar refractivity (Wildman–Crippen MR) is 89.0 cm³/mol. The minimum atomic E-state index is -4.48. The van der Waals surface area contributed by atoms with Gasteiger partial charge < -0.3 is 14.6 Å². The molecule has 0 saturated carbocycles. The highest BCUT2D eigenvalue weighted by molar-refractivity contribution is 7.89. The monoisotopic (exact) mass is 403 g/mol. The normalized spacial score (nSPS) is 15.4. The number of fused-ring (bicyclic) bond motifs is 1. The Bertz CT molecular complexity index is 913. The molecule has 0 saturated heterocycles. The first-order chi connectivity index (χ1) is 12.7. The third-order valence-electron chi connectivity index (χ3n) is 3.91. The number of alkyl halides is 3. The molecule has 1 aliphatic rings. The third kappa shape index (κ3) is 4.52. The van der Waals surface area contributed by atoms with Gasteiger partial charge in [-0.25, -0.2) is 13.1 Å². The van der Waals surface area contributed by atoms with Gasteiger partial charge >= 0.3 is 6.18 Å². The van der Waals surface area contributed by atoms with Gasteiger partial charge in [0.15, 0.2) is 11.5 Å². The number of benzene rings is 2. The number of sulfonamides is 1. The summed E-state index contributed by atoms with van der Waals surface area (Å²) in [5.41, 5.74) is -0.691. The van der Waals surface area contributed by atoms with Crippen molar-refractivity contribution < 1.29 is 36.2 Å². The molecule has 27 heavy (non-hydrogen) atoms. The molecule has 1 atom stereocenters. The van der Waals surface area contributed by atoms with Gasteiger partial charge in [-0.1, -0.05) is 12.1 Å². The van der Waals surface area contributed by atoms with Gasteiger partial charge in [-0.3, -0.25) is 0 Å². The number of hydrogen-bond acceptors (Lipinski definition) is 5. The highest BCUT2D eigenvalue weighted by atomic mass is 32.2. The molecule has 0 amide bonds. The first-order valence-corrected chi connectivity index (χ1v) is 9.40. The van der Waals surface area contributed by atoms with Crippen LogP contribution in [0.25, 0.3) is 0 Å². The van der Waals surface area contributed by atoms with E-state index in [0.29, 0.717) is 24.7 Å². The maximum Gasteiger partial charge on any atom is 0.416 e. The number of ether oxygens (including phenoxy) is 2. The molecule has 3 rings (SSSR count). The highest BCUT2D eigenvalue weighted by Crippen LogP contribution is 2.32. The van der Waals surface area contributed by atoms with Crippen molar-refractivity contribution in [2.75, 3.05) is 19.8 Å². The molecule has 2 aromatic rings. The van der Waals surface area contributed by atoms with Crippen molar-refractivity contribution in [1.29, 1.82) is 0 Å². The molecule has 2 aromatic carbocycles. The second kappa shape index (κ2) is 7.37. The van der Waals surface area contributed by atoms with Gasteiger partial charge in [-0.15, -0.1) is 0 Å². The van der Waals surface area contributed by atoms with E-state index < -0.39 is 34.4 Å². The van der Waals surface area contributed by atoms with Crippen LogP contribution in [0.5, 0.6) is 11.5 Å². The largest absolute Gasteiger partial charge is 0.486 e. The molecule has 0 aromatic heterocycles. The van der Waals surface area contributed by atoms with Gasteiger partial charge in [0, 0.05) is 12.6 Å². The molecular formula is C17H16F3NO5S. The van der Waals surface area contributed by atoms with Crippen LogP contribution in [0.15, 0.2) is 47.4 Å². The van der Waals surface area contributed by atoms with E-state index >= 15 is 0 Å². The lowest BCUT2D eigenvalue weighted by Gasteiger charge is -2.19. The predicted octanol–water partition coefficient (Wildman–Crippen LogP) is 2.49. The van der Waals surface area contributed by atoms with E-state index in [1.807, 2.05) is 0 Å². The fraction of sp³-hybridized carbons (Fsp3) is 0.294. The molecule has 0 fully saturated rings. The first kappa shape index (κ1) is 19.5. The molecule has 0 spiro atoms. The van der Waals surface area contributed by atoms with E-state index in [2.05, 4.69) is 4.72 Å². The fourth-order valence-electron chi connectivity index (χ4n) is 2.47. The van der Waals surface area contributed by atoms with Crippen LogP contribution in [0, 0.1) is 0 Å². The van der Waals surface area contributed by atoms with Crippen molar-refractivity contribution in [3.8, 4) is 11.5 Å². The summed E-state index contributed by atoms with van der Waals surface area (Å²) in [5, 5.41) is 10.1. The third-order valence-corrected chi connectivity index (χ3v) is 5.33. The van der Waals surface area contributed by atoms with Gasteiger partial charge in [0.2, 0.25) is 10.0 Å². The van der Waals surface area contributed by atoms with Gasteiger partial charge in [0.25, 0.3) is 0 Å². The summed E-state index contributed by atoms with van der Waals surface area (Å²) in [7, 11) is -3.95. The Morgan fingerprint density at radius 3 is 2.30 bits per heavy atom. The number of halogens is 3. The number of aliphatic hydroxyl groups excluding tert-OH is 1. The molecule has 10 heteroatoms. The number of aliphatic hydroxyl groups is 1. The minimum Gasteiger partial charge on any atom is -0.486 e. The van der Waals surface area contributed by atoms with E-state index in [0.717, 1.165) is 24.3 Å². The van der Waals surface area contributed by atoms with E-state index in [4.69, 9.17) is 9.47 Å². The Labute approximate surface area is 153 Å². The zero-order chi connectivity index (χ0) is 19.7. The molecule has 1 aliphatic heterocycles. The lowest BCUT2D eigenvalue weighted by atomic mass is 10.1. The van der Waals surface area contributed by atoms with Crippen LogP contribution in [0.1, 0.15) is 17.2 Å². The second-order valence-electron chi connectivity index (χ2n) is 5.79. The van der Waals surface area contributed by atoms with Crippen LogP contribution in [0.3, 0.4) is 0 Å². The van der Waals surface area contributed by atoms with Gasteiger partial charge in [0.05, 0.1) is 16.6 Å². The fourth-order valence-corrected chi connectivity index (χ4v) is 3.53. The lowest BCUT2D eigenvalue weighted by Crippen LogP contribution is -2.28. The number of nitrogens with one attached hydrogen (secondary N) is 1. The smallest absolute Gasteiger partial charge is 0.416 e. The summed E-state index contributed by atoms with van der Waals surface area (Å²) < 4.78 is 75.3. The van der Waals surface area contributed by atoms with Crippen LogP contribution in [-0.4, -0.2) is 33.3 Å². The SMILES string of the molecule is O=S(=O)(NC[C@H](O)c1ccc(C(F)(F)F)cc1)c1ccc2c(c1)OCCO2. The van der Waals surface area contributed by atoms with Crippen LogP contribution in [0.2, 0.25) is 0 Å². The molecular weight excluding hydrogens is 387 g/mol. The van der Waals surface area contributed by atoms with Crippen LogP contribution in [0.4, 0.5) is 13.2 Å². The van der Waals surface area contributed by atoms with E-state index in [1.165, 1.54) is 18.2 Å². The zero-order valence-electron chi connectivity index (χ0n) is 13.9. The van der Waals surface area contributed by atoms with Crippen LogP contribution >= 0.6 is 0 Å². The van der Waals surface area contributed by atoms with Crippen molar-refractivity contribution in [1.82, 2.24) is 4.72 Å². The number of rotatable bonds is 5. The molecule has 0 radical (unpaired) electrons.